The molecule has 1 aromatic carbocycles. The van der Waals surface area contributed by atoms with Crippen molar-refractivity contribution in [1.29, 1.82) is 0 Å². The first-order chi connectivity index (χ1) is 7.66. The van der Waals surface area contributed by atoms with Gasteiger partial charge in [0, 0.05) is 17.7 Å². The van der Waals surface area contributed by atoms with Gasteiger partial charge in [-0.3, -0.25) is 15.1 Å². The van der Waals surface area contributed by atoms with Crippen LogP contribution in [0.15, 0.2) is 42.6 Å². The van der Waals surface area contributed by atoms with Crippen LogP contribution in [0.5, 0.6) is 5.75 Å². The summed E-state index contributed by atoms with van der Waals surface area (Å²) in [5, 5.41) is 19.7. The van der Waals surface area contributed by atoms with Crippen molar-refractivity contribution in [2.75, 3.05) is 0 Å². The molecule has 0 spiro atoms. The number of aromatic nitrogens is 1. The van der Waals surface area contributed by atoms with E-state index in [9.17, 15) is 10.1 Å². The van der Waals surface area contributed by atoms with E-state index in [2.05, 4.69) is 4.98 Å². The minimum absolute atomic E-state index is 0.0207. The topological polar surface area (TPSA) is 76.3 Å². The minimum atomic E-state index is -0.454. The van der Waals surface area contributed by atoms with Crippen LogP contribution >= 0.6 is 0 Å². The van der Waals surface area contributed by atoms with Crippen molar-refractivity contribution in [3.05, 3.63) is 52.7 Å². The number of aromatic hydroxyl groups is 1. The molecule has 0 radical (unpaired) electrons. The Balaban J connectivity index is 2.44. The van der Waals surface area contributed by atoms with Gasteiger partial charge in [-0.05, 0) is 12.1 Å². The van der Waals surface area contributed by atoms with E-state index < -0.39 is 4.92 Å². The summed E-state index contributed by atoms with van der Waals surface area (Å²) in [7, 11) is 0. The Morgan fingerprint density at radius 1 is 1.25 bits per heavy atom. The number of nitro benzene ring substituents is 1. The number of hydrogen-bond donors (Lipinski definition) is 1. The molecule has 1 heterocycles. The van der Waals surface area contributed by atoms with Crippen molar-refractivity contribution in [3.8, 4) is 17.0 Å². The number of nitrogens with zero attached hydrogens (tertiary/aromatic N) is 2. The van der Waals surface area contributed by atoms with Gasteiger partial charge >= 0.3 is 0 Å². The SMILES string of the molecule is O=[N+]([O-])c1cccc(-c2ccc(O)cn2)c1. The molecular formula is C11H8N2O3. The molecule has 0 aliphatic heterocycles. The molecule has 0 saturated carbocycles. The molecule has 0 amide bonds. The summed E-state index contributed by atoms with van der Waals surface area (Å²) in [6, 6.07) is 9.28. The maximum absolute atomic E-state index is 10.6. The van der Waals surface area contributed by atoms with E-state index in [1.54, 1.807) is 18.2 Å². The quantitative estimate of drug-likeness (QED) is 0.617. The number of nitro groups is 1. The first kappa shape index (κ1) is 10.1. The summed E-state index contributed by atoms with van der Waals surface area (Å²) in [5.74, 6) is 0.0641. The second kappa shape index (κ2) is 3.98. The van der Waals surface area contributed by atoms with E-state index in [0.717, 1.165) is 0 Å². The van der Waals surface area contributed by atoms with Crippen molar-refractivity contribution in [2.45, 2.75) is 0 Å². The molecule has 0 bridgehead atoms. The number of hydrogen-bond acceptors (Lipinski definition) is 4. The molecular weight excluding hydrogens is 208 g/mol. The molecule has 1 aromatic heterocycles. The Morgan fingerprint density at radius 2 is 2.06 bits per heavy atom. The van der Waals surface area contributed by atoms with Gasteiger partial charge in [0.15, 0.2) is 0 Å². The Labute approximate surface area is 91.2 Å². The zero-order valence-electron chi connectivity index (χ0n) is 8.20. The average Bonchev–Trinajstić information content (AvgIpc) is 2.30. The summed E-state index contributed by atoms with van der Waals surface area (Å²) in [4.78, 5) is 14.1. The van der Waals surface area contributed by atoms with Gasteiger partial charge in [-0.2, -0.15) is 0 Å². The van der Waals surface area contributed by atoms with Gasteiger partial charge in [-0.15, -0.1) is 0 Å². The van der Waals surface area contributed by atoms with Crippen LogP contribution in [0.1, 0.15) is 0 Å². The fourth-order valence-electron chi connectivity index (χ4n) is 1.34. The van der Waals surface area contributed by atoms with Gasteiger partial charge < -0.3 is 5.11 Å². The maximum Gasteiger partial charge on any atom is 0.270 e. The maximum atomic E-state index is 10.6. The van der Waals surface area contributed by atoms with E-state index in [0.29, 0.717) is 11.3 Å². The lowest BCUT2D eigenvalue weighted by Gasteiger charge is -2.00. The summed E-state index contributed by atoms with van der Waals surface area (Å²) in [6.07, 6.45) is 1.30. The third kappa shape index (κ3) is 1.98. The molecule has 80 valence electrons. The predicted molar refractivity (Wildman–Crippen MR) is 58.0 cm³/mol. The summed E-state index contributed by atoms with van der Waals surface area (Å²) in [5.41, 5.74) is 1.25. The Hall–Kier alpha value is -2.43. The van der Waals surface area contributed by atoms with Crippen molar-refractivity contribution in [3.63, 3.8) is 0 Å². The highest BCUT2D eigenvalue weighted by atomic mass is 16.6. The van der Waals surface area contributed by atoms with E-state index in [1.165, 1.54) is 24.4 Å². The molecule has 2 rings (SSSR count). The summed E-state index contributed by atoms with van der Waals surface area (Å²) >= 11 is 0. The normalized spacial score (nSPS) is 10.0. The van der Waals surface area contributed by atoms with Crippen LogP contribution in [0.25, 0.3) is 11.3 Å². The van der Waals surface area contributed by atoms with Crippen molar-refractivity contribution < 1.29 is 10.0 Å². The van der Waals surface area contributed by atoms with E-state index >= 15 is 0 Å². The standard InChI is InChI=1S/C11H8N2O3/c14-10-4-5-11(12-7-10)8-2-1-3-9(6-8)13(15)16/h1-7,14H. The van der Waals surface area contributed by atoms with Crippen LogP contribution in [-0.4, -0.2) is 15.0 Å². The minimum Gasteiger partial charge on any atom is -0.506 e. The molecule has 5 heteroatoms. The Morgan fingerprint density at radius 3 is 2.69 bits per heavy atom. The second-order valence-corrected chi connectivity index (χ2v) is 3.21. The van der Waals surface area contributed by atoms with Crippen LogP contribution in [0, 0.1) is 10.1 Å². The molecule has 0 aliphatic rings. The van der Waals surface area contributed by atoms with Gasteiger partial charge in [-0.25, -0.2) is 0 Å². The first-order valence-electron chi connectivity index (χ1n) is 4.56. The lowest BCUT2D eigenvalue weighted by molar-refractivity contribution is -0.384. The monoisotopic (exact) mass is 216 g/mol. The molecule has 2 aromatic rings. The first-order valence-corrected chi connectivity index (χ1v) is 4.56. The van der Waals surface area contributed by atoms with Crippen molar-refractivity contribution in [1.82, 2.24) is 4.98 Å². The van der Waals surface area contributed by atoms with Gasteiger partial charge in [0.1, 0.15) is 5.75 Å². The third-order valence-corrected chi connectivity index (χ3v) is 2.10. The average molecular weight is 216 g/mol. The molecule has 0 saturated heterocycles. The smallest absolute Gasteiger partial charge is 0.270 e. The zero-order valence-corrected chi connectivity index (χ0v) is 8.20. The largest absolute Gasteiger partial charge is 0.506 e. The van der Waals surface area contributed by atoms with Crippen LogP contribution in [-0.2, 0) is 0 Å². The van der Waals surface area contributed by atoms with E-state index in [-0.39, 0.29) is 11.4 Å². The summed E-state index contributed by atoms with van der Waals surface area (Å²) in [6.45, 7) is 0. The highest BCUT2D eigenvalue weighted by Gasteiger charge is 2.07. The number of benzene rings is 1. The van der Waals surface area contributed by atoms with Gasteiger partial charge in [-0.1, -0.05) is 12.1 Å². The Bertz CT molecular complexity index is 523. The number of pyridine rings is 1. The fraction of sp³-hybridized carbons (Fsp3) is 0. The highest BCUT2D eigenvalue weighted by Crippen LogP contribution is 2.22. The lowest BCUT2D eigenvalue weighted by atomic mass is 10.1. The number of rotatable bonds is 2. The van der Waals surface area contributed by atoms with Crippen LogP contribution < -0.4 is 0 Å². The predicted octanol–water partition coefficient (Wildman–Crippen LogP) is 2.36. The van der Waals surface area contributed by atoms with Crippen molar-refractivity contribution in [2.24, 2.45) is 0 Å². The molecule has 0 fully saturated rings. The zero-order chi connectivity index (χ0) is 11.5. The van der Waals surface area contributed by atoms with Gasteiger partial charge in [0.25, 0.3) is 5.69 Å². The molecule has 16 heavy (non-hydrogen) atoms. The fourth-order valence-corrected chi connectivity index (χ4v) is 1.34. The number of non-ortho nitro benzene ring substituents is 1. The van der Waals surface area contributed by atoms with E-state index in [1.807, 2.05) is 0 Å². The van der Waals surface area contributed by atoms with Gasteiger partial charge in [0.2, 0.25) is 0 Å². The lowest BCUT2D eigenvalue weighted by Crippen LogP contribution is -1.89. The van der Waals surface area contributed by atoms with Crippen LogP contribution in [0.2, 0.25) is 0 Å². The van der Waals surface area contributed by atoms with E-state index in [4.69, 9.17) is 5.11 Å². The molecule has 0 aliphatic carbocycles. The van der Waals surface area contributed by atoms with Crippen LogP contribution in [0.3, 0.4) is 0 Å². The molecule has 0 atom stereocenters. The highest BCUT2D eigenvalue weighted by molar-refractivity contribution is 5.62. The molecule has 0 unspecified atom stereocenters. The van der Waals surface area contributed by atoms with Crippen molar-refractivity contribution >= 4 is 5.69 Å². The molecule has 1 N–H and O–H groups in total. The van der Waals surface area contributed by atoms with Gasteiger partial charge in [0.05, 0.1) is 16.8 Å². The summed E-state index contributed by atoms with van der Waals surface area (Å²) < 4.78 is 0. The molecule has 5 nitrogen and oxygen atoms in total. The Kier molecular flexibility index (Phi) is 2.51. The van der Waals surface area contributed by atoms with Crippen LogP contribution in [0.4, 0.5) is 5.69 Å². The second-order valence-electron chi connectivity index (χ2n) is 3.21. The third-order valence-electron chi connectivity index (χ3n) is 2.10.